The molecule has 2 aromatic heterocycles. The van der Waals surface area contributed by atoms with Crippen molar-refractivity contribution in [3.63, 3.8) is 0 Å². The molecule has 0 aromatic carbocycles. The number of carbonyl (C=O) groups excluding carboxylic acids is 1. The molecule has 0 radical (unpaired) electrons. The molecule has 0 aliphatic rings. The van der Waals surface area contributed by atoms with E-state index in [1.54, 1.807) is 0 Å². The van der Waals surface area contributed by atoms with E-state index in [1.165, 1.54) is 0 Å². The lowest BCUT2D eigenvalue weighted by molar-refractivity contribution is 0.0945. The van der Waals surface area contributed by atoms with Gasteiger partial charge in [-0.25, -0.2) is 4.98 Å². The molecule has 2 aromatic rings. The number of nitrogens with one attached hydrogen (secondary N) is 1. The number of hydrogen-bond acceptors (Lipinski definition) is 3. The van der Waals surface area contributed by atoms with E-state index in [-0.39, 0.29) is 5.91 Å². The fourth-order valence-electron chi connectivity index (χ4n) is 2.52. The normalized spacial score (nSPS) is 11.2. The molecule has 1 amide bonds. The largest absolute Gasteiger partial charge is 0.351 e. The number of amides is 1. The Hall–Kier alpha value is -1.88. The van der Waals surface area contributed by atoms with Crippen molar-refractivity contribution < 1.29 is 4.79 Å². The van der Waals surface area contributed by atoms with Crippen molar-refractivity contribution in [3.05, 3.63) is 35.8 Å². The molecule has 2 rings (SSSR count). The summed E-state index contributed by atoms with van der Waals surface area (Å²) in [5.74, 6) is -0.0502. The van der Waals surface area contributed by atoms with Gasteiger partial charge in [-0.15, -0.1) is 0 Å². The Balaban J connectivity index is 1.95. The van der Waals surface area contributed by atoms with Crippen LogP contribution in [-0.2, 0) is 0 Å². The van der Waals surface area contributed by atoms with Gasteiger partial charge in [0.15, 0.2) is 0 Å². The molecular weight excluding hydrogens is 264 g/mol. The van der Waals surface area contributed by atoms with Crippen molar-refractivity contribution in [3.8, 4) is 0 Å². The Kier molecular flexibility index (Phi) is 5.33. The molecule has 0 aliphatic heterocycles. The summed E-state index contributed by atoms with van der Waals surface area (Å²) in [5.41, 5.74) is 2.21. The first-order chi connectivity index (χ1) is 10.2. The first kappa shape index (κ1) is 15.5. The van der Waals surface area contributed by atoms with Crippen LogP contribution in [0.5, 0.6) is 0 Å². The Labute approximate surface area is 126 Å². The maximum atomic E-state index is 12.3. The first-order valence-electron chi connectivity index (χ1n) is 7.61. The van der Waals surface area contributed by atoms with Crippen molar-refractivity contribution >= 4 is 11.6 Å². The van der Waals surface area contributed by atoms with Gasteiger partial charge in [0.05, 0.1) is 5.69 Å². The van der Waals surface area contributed by atoms with Crippen molar-refractivity contribution in [2.24, 2.45) is 0 Å². The summed E-state index contributed by atoms with van der Waals surface area (Å²) in [4.78, 5) is 19.1. The summed E-state index contributed by atoms with van der Waals surface area (Å²) in [6, 6.07) is 5.74. The Morgan fingerprint density at radius 3 is 2.81 bits per heavy atom. The maximum absolute atomic E-state index is 12.3. The highest BCUT2D eigenvalue weighted by atomic mass is 16.1. The number of aryl methyl sites for hydroxylation is 1. The molecule has 0 fully saturated rings. The monoisotopic (exact) mass is 288 g/mol. The van der Waals surface area contributed by atoms with Crippen molar-refractivity contribution in [2.75, 3.05) is 26.2 Å². The van der Waals surface area contributed by atoms with Crippen LogP contribution in [0.3, 0.4) is 0 Å². The molecule has 0 bridgehead atoms. The second-order valence-electron chi connectivity index (χ2n) is 5.11. The maximum Gasteiger partial charge on any atom is 0.270 e. The lowest BCUT2D eigenvalue weighted by Crippen LogP contribution is -2.30. The summed E-state index contributed by atoms with van der Waals surface area (Å²) >= 11 is 0. The van der Waals surface area contributed by atoms with E-state index in [4.69, 9.17) is 0 Å². The summed E-state index contributed by atoms with van der Waals surface area (Å²) in [6.45, 7) is 9.99. The Bertz CT molecular complexity index is 601. The van der Waals surface area contributed by atoms with Crippen LogP contribution in [-0.4, -0.2) is 46.4 Å². The molecule has 2 heterocycles. The number of pyridine rings is 1. The zero-order valence-corrected chi connectivity index (χ0v) is 13.1. The predicted octanol–water partition coefficient (Wildman–Crippen LogP) is 2.10. The van der Waals surface area contributed by atoms with Gasteiger partial charge in [0.25, 0.3) is 5.91 Å². The number of fused-ring (bicyclic) bond motifs is 1. The highest BCUT2D eigenvalue weighted by molar-refractivity contribution is 5.94. The van der Waals surface area contributed by atoms with Gasteiger partial charge >= 0.3 is 0 Å². The smallest absolute Gasteiger partial charge is 0.270 e. The fourth-order valence-corrected chi connectivity index (χ4v) is 2.52. The molecule has 0 aliphatic carbocycles. The summed E-state index contributed by atoms with van der Waals surface area (Å²) in [7, 11) is 0. The fraction of sp³-hybridized carbons (Fsp3) is 0.500. The highest BCUT2D eigenvalue weighted by Gasteiger charge is 2.15. The van der Waals surface area contributed by atoms with Gasteiger partial charge in [-0.05, 0) is 45.1 Å². The minimum Gasteiger partial charge on any atom is -0.351 e. The third-order valence-electron chi connectivity index (χ3n) is 3.75. The second kappa shape index (κ2) is 7.22. The number of hydrogen-bond donors (Lipinski definition) is 1. The zero-order chi connectivity index (χ0) is 15.2. The minimum absolute atomic E-state index is 0.0502. The van der Waals surface area contributed by atoms with E-state index in [0.717, 1.165) is 37.4 Å². The van der Waals surface area contributed by atoms with Gasteiger partial charge in [-0.1, -0.05) is 19.9 Å². The summed E-state index contributed by atoms with van der Waals surface area (Å²) in [5, 5.41) is 3.00. The number of carbonyl (C=O) groups is 1. The quantitative estimate of drug-likeness (QED) is 0.794. The van der Waals surface area contributed by atoms with Gasteiger partial charge in [0.2, 0.25) is 0 Å². The van der Waals surface area contributed by atoms with Crippen molar-refractivity contribution in [1.29, 1.82) is 0 Å². The molecule has 0 saturated heterocycles. The molecular formula is C16H24N4O. The average Bonchev–Trinajstić information content (AvgIpc) is 2.83. The van der Waals surface area contributed by atoms with E-state index in [1.807, 2.05) is 35.7 Å². The van der Waals surface area contributed by atoms with E-state index >= 15 is 0 Å². The molecule has 1 N–H and O–H groups in total. The van der Waals surface area contributed by atoms with Crippen LogP contribution in [0, 0.1) is 6.92 Å². The molecule has 0 unspecified atom stereocenters. The number of aromatic nitrogens is 2. The lowest BCUT2D eigenvalue weighted by Gasteiger charge is -2.17. The number of rotatable bonds is 7. The third kappa shape index (κ3) is 3.61. The number of imidazole rings is 1. The molecule has 5 nitrogen and oxygen atoms in total. The van der Waals surface area contributed by atoms with Crippen LogP contribution in [0.15, 0.2) is 24.4 Å². The van der Waals surface area contributed by atoms with E-state index in [0.29, 0.717) is 12.2 Å². The molecule has 114 valence electrons. The van der Waals surface area contributed by atoms with Crippen LogP contribution in [0.2, 0.25) is 0 Å². The summed E-state index contributed by atoms with van der Waals surface area (Å²) in [6.07, 6.45) is 2.84. The van der Waals surface area contributed by atoms with E-state index in [2.05, 4.69) is 29.0 Å². The van der Waals surface area contributed by atoms with Gasteiger partial charge in [0, 0.05) is 12.7 Å². The highest BCUT2D eigenvalue weighted by Crippen LogP contribution is 2.11. The zero-order valence-electron chi connectivity index (χ0n) is 13.1. The first-order valence-corrected chi connectivity index (χ1v) is 7.61. The van der Waals surface area contributed by atoms with Gasteiger partial charge in [-0.3, -0.25) is 9.20 Å². The number of nitrogens with zero attached hydrogens (tertiary/aromatic N) is 3. The average molecular weight is 288 g/mol. The Morgan fingerprint density at radius 2 is 2.10 bits per heavy atom. The van der Waals surface area contributed by atoms with E-state index in [9.17, 15) is 4.79 Å². The Morgan fingerprint density at radius 1 is 1.33 bits per heavy atom. The molecule has 21 heavy (non-hydrogen) atoms. The molecule has 0 spiro atoms. The van der Waals surface area contributed by atoms with Gasteiger partial charge in [0.1, 0.15) is 11.3 Å². The van der Waals surface area contributed by atoms with Crippen LogP contribution in [0.25, 0.3) is 5.65 Å². The SMILES string of the molecule is CCN(CC)CCCNC(=O)c1c(C)nc2ccccn12. The summed E-state index contributed by atoms with van der Waals surface area (Å²) < 4.78 is 1.84. The second-order valence-corrected chi connectivity index (χ2v) is 5.11. The topological polar surface area (TPSA) is 49.6 Å². The van der Waals surface area contributed by atoms with Crippen LogP contribution in [0.4, 0.5) is 0 Å². The third-order valence-corrected chi connectivity index (χ3v) is 3.75. The minimum atomic E-state index is -0.0502. The van der Waals surface area contributed by atoms with Crippen molar-refractivity contribution in [1.82, 2.24) is 19.6 Å². The van der Waals surface area contributed by atoms with Gasteiger partial charge < -0.3 is 10.2 Å². The van der Waals surface area contributed by atoms with Crippen LogP contribution < -0.4 is 5.32 Å². The molecule has 5 heteroatoms. The van der Waals surface area contributed by atoms with Crippen molar-refractivity contribution in [2.45, 2.75) is 27.2 Å². The van der Waals surface area contributed by atoms with Gasteiger partial charge in [-0.2, -0.15) is 0 Å². The standard InChI is InChI=1S/C16H24N4O/c1-4-19(5-2)11-8-10-17-16(21)15-13(3)18-14-9-6-7-12-20(14)15/h6-7,9,12H,4-5,8,10-11H2,1-3H3,(H,17,21). The van der Waals surface area contributed by atoms with E-state index < -0.39 is 0 Å². The predicted molar refractivity (Wildman–Crippen MR) is 84.7 cm³/mol. The molecule has 0 saturated carbocycles. The molecule has 0 atom stereocenters. The van der Waals surface area contributed by atoms with Crippen LogP contribution in [0.1, 0.15) is 36.5 Å². The van der Waals surface area contributed by atoms with Crippen LogP contribution >= 0.6 is 0 Å². The lowest BCUT2D eigenvalue weighted by atomic mass is 10.3.